The van der Waals surface area contributed by atoms with E-state index in [1.54, 1.807) is 35.8 Å². The van der Waals surface area contributed by atoms with Gasteiger partial charge in [-0.05, 0) is 96.5 Å². The van der Waals surface area contributed by atoms with Crippen molar-refractivity contribution in [2.24, 2.45) is 11.3 Å². The van der Waals surface area contributed by atoms with Gasteiger partial charge in [0.05, 0.1) is 23.1 Å². The van der Waals surface area contributed by atoms with E-state index in [-0.39, 0.29) is 79.9 Å². The van der Waals surface area contributed by atoms with Gasteiger partial charge in [0, 0.05) is 119 Å². The number of piperazine rings is 2. The number of phenols is 2. The minimum Gasteiger partial charge on any atom is -0.508 e. The van der Waals surface area contributed by atoms with Gasteiger partial charge in [0.2, 0.25) is 0 Å². The van der Waals surface area contributed by atoms with E-state index in [0.29, 0.717) is 48.7 Å². The molecule has 6 heterocycles. The maximum absolute atomic E-state index is 17.2. The molecule has 17 nitrogen and oxygen atoms in total. The van der Waals surface area contributed by atoms with Gasteiger partial charge >= 0.3 is 12.2 Å². The molecule has 432 valence electrons. The fraction of sp³-hybridized carbons (Fsp3) is 0.433. The van der Waals surface area contributed by atoms with Crippen molar-refractivity contribution in [2.45, 2.75) is 70.3 Å². The van der Waals surface area contributed by atoms with Gasteiger partial charge in [-0.15, -0.1) is 6.42 Å². The Morgan fingerprint density at radius 1 is 0.927 bits per heavy atom. The molecule has 2 atom stereocenters. The molecule has 2 aromatic heterocycles. The number of terminal acetylenes is 1. The Hall–Kier alpha value is -7.55. The molecule has 1 amide bonds. The summed E-state index contributed by atoms with van der Waals surface area (Å²) in [4.78, 5) is 37.5. The van der Waals surface area contributed by atoms with E-state index in [4.69, 9.17) is 37.1 Å². The molecule has 0 radical (unpaired) electrons. The van der Waals surface area contributed by atoms with E-state index in [1.165, 1.54) is 30.3 Å². The highest BCUT2D eigenvalue weighted by Gasteiger charge is 2.46. The maximum atomic E-state index is 17.2. The predicted octanol–water partition coefficient (Wildman–Crippen LogP) is 7.58. The number of fused-ring (bicyclic) bond motifs is 4. The molecule has 4 aromatic carbocycles. The van der Waals surface area contributed by atoms with Crippen LogP contribution in [0, 0.1) is 46.1 Å². The third-order valence-corrected chi connectivity index (χ3v) is 16.3. The lowest BCUT2D eigenvalue weighted by atomic mass is 9.96. The van der Waals surface area contributed by atoms with E-state index < -0.39 is 41.9 Å². The zero-order valence-electron chi connectivity index (χ0n) is 46.0. The third kappa shape index (κ3) is 12.4. The zero-order valence-corrected chi connectivity index (χ0v) is 46.0. The number of hydrogen-bond acceptors (Lipinski definition) is 15. The van der Waals surface area contributed by atoms with Crippen LogP contribution in [0.2, 0.25) is 0 Å². The standard InChI is InChI=1S/C59H63F5N12O4.CH4O/c1-4-43-47(60)13-7-38-21-42(77)23-45(49(38)43)51-50(61)52-46(24-67-51)55(75-29-39-9-10-40(30-75)69-39)71-57(70-52)80-33-58(15-16-58)32-73-19-17-72(18-20-73)26-36-27-74(28-36)25-35-5-11-41(12-6-35)76(54(66)56(79)68-31-59(62,63)64)53(65)44-22-37(34(2)3)8-14-48(44)78;1-2/h1,5-8,11-14,21-24,34,36,39-40,65-66,69,77-78H,9-10,15-20,25-33H2,2-3H3,(H,68,79);2H,1H3. The number of anilines is 2. The van der Waals surface area contributed by atoms with Crippen LogP contribution in [0.3, 0.4) is 0 Å². The van der Waals surface area contributed by atoms with Gasteiger partial charge in [-0.25, -0.2) is 8.78 Å². The van der Waals surface area contributed by atoms with Gasteiger partial charge in [-0.1, -0.05) is 44.0 Å². The van der Waals surface area contributed by atoms with Crippen LogP contribution in [0.5, 0.6) is 17.5 Å². The number of aromatic nitrogens is 3. The van der Waals surface area contributed by atoms with Crippen LogP contribution < -0.4 is 25.2 Å². The van der Waals surface area contributed by atoms with Crippen LogP contribution in [0.4, 0.5) is 33.5 Å². The van der Waals surface area contributed by atoms with Gasteiger partial charge in [-0.2, -0.15) is 23.1 Å². The maximum Gasteiger partial charge on any atom is 0.405 e. The molecule has 5 fully saturated rings. The first-order chi connectivity index (χ1) is 39.3. The number of rotatable bonds is 15. The largest absolute Gasteiger partial charge is 0.508 e. The number of carbonyl (C=O) groups is 1. The van der Waals surface area contributed by atoms with Crippen LogP contribution in [-0.4, -0.2) is 167 Å². The van der Waals surface area contributed by atoms with Gasteiger partial charge in [0.1, 0.15) is 46.7 Å². The number of halogens is 5. The van der Waals surface area contributed by atoms with Gasteiger partial charge in [0.25, 0.3) is 5.91 Å². The second kappa shape index (κ2) is 23.7. The first-order valence-electron chi connectivity index (χ1n) is 27.6. The van der Waals surface area contributed by atoms with Gasteiger partial charge in [0.15, 0.2) is 11.7 Å². The Balaban J connectivity index is 0.00000372. The quantitative estimate of drug-likeness (QED) is 0.0229. The van der Waals surface area contributed by atoms with E-state index in [2.05, 4.69) is 35.8 Å². The average molecular weight is 1130 g/mol. The summed E-state index contributed by atoms with van der Waals surface area (Å²) in [6, 6.07) is 17.6. The van der Waals surface area contributed by atoms with Crippen molar-refractivity contribution in [1.29, 1.82) is 10.8 Å². The van der Waals surface area contributed by atoms with Crippen LogP contribution in [0.15, 0.2) is 72.9 Å². The van der Waals surface area contributed by atoms with Crippen LogP contribution in [-0.2, 0) is 11.3 Å². The number of amides is 1. The Kier molecular flexibility index (Phi) is 16.7. The molecular formula is C60H67F5N12O5. The number of amidine groups is 2. The molecule has 1 saturated carbocycles. The summed E-state index contributed by atoms with van der Waals surface area (Å²) in [5, 5.41) is 52.6. The van der Waals surface area contributed by atoms with Crippen molar-refractivity contribution in [3.8, 4) is 41.1 Å². The number of hydrogen-bond donors (Lipinski definition) is 7. The number of aliphatic hydroxyl groups is 1. The number of carbonyl (C=O) groups excluding carboxylic acids is 1. The first-order valence-corrected chi connectivity index (χ1v) is 27.6. The number of nitrogens with one attached hydrogen (secondary N) is 4. The number of alkyl halides is 3. The van der Waals surface area contributed by atoms with E-state index in [9.17, 15) is 28.2 Å². The molecule has 82 heavy (non-hydrogen) atoms. The van der Waals surface area contributed by atoms with Gasteiger partial charge in [-0.3, -0.25) is 30.4 Å². The Labute approximate surface area is 472 Å². The highest BCUT2D eigenvalue weighted by Crippen LogP contribution is 2.47. The lowest BCUT2D eigenvalue weighted by Crippen LogP contribution is -2.55. The zero-order chi connectivity index (χ0) is 58.2. The molecule has 2 bridgehead atoms. The number of aliphatic hydroxyl groups excluding tert-OH is 1. The molecule has 7 N–H and O–H groups in total. The summed E-state index contributed by atoms with van der Waals surface area (Å²) in [7, 11) is 1.00. The number of ether oxygens (including phenoxy) is 1. The minimum atomic E-state index is -4.70. The number of phenolic OH excluding ortho intramolecular Hbond substituents is 2. The van der Waals surface area contributed by atoms with Crippen molar-refractivity contribution >= 4 is 50.8 Å². The second-order valence-corrected chi connectivity index (χ2v) is 22.6. The van der Waals surface area contributed by atoms with Crippen molar-refractivity contribution < 1.29 is 46.8 Å². The predicted molar refractivity (Wildman–Crippen MR) is 304 cm³/mol. The number of pyridine rings is 1. The number of nitrogens with zero attached hydrogens (tertiary/aromatic N) is 8. The van der Waals surface area contributed by atoms with E-state index >= 15 is 8.78 Å². The fourth-order valence-electron chi connectivity index (χ4n) is 11.8. The molecule has 4 saturated heterocycles. The normalized spacial score (nSPS) is 19.1. The summed E-state index contributed by atoms with van der Waals surface area (Å²) in [6.45, 7) is 11.8. The summed E-state index contributed by atoms with van der Waals surface area (Å²) in [5.74, 6) is -1.04. The molecule has 4 aliphatic heterocycles. The summed E-state index contributed by atoms with van der Waals surface area (Å²) in [6.07, 6.45) is 6.61. The lowest BCUT2D eigenvalue weighted by Gasteiger charge is -2.44. The number of benzene rings is 4. The SMILES string of the molecule is C#Cc1c(F)ccc2cc(O)cc(-c3ncc4c(N5CC6CCC(C5)N6)nc(OCC5(CN6CCN(CC7CN(Cc8ccc(N(C(=N)C(=O)NCC(F)(F)F)C(=N)c9cc(C(C)C)ccc9O)cc8)C7)CC6)CC5)nc4c3F)c12.CO. The topological polar surface area (TPSA) is 214 Å². The summed E-state index contributed by atoms with van der Waals surface area (Å²) >= 11 is 0. The van der Waals surface area contributed by atoms with Crippen molar-refractivity contribution in [2.75, 3.05) is 95.5 Å². The van der Waals surface area contributed by atoms with Crippen molar-refractivity contribution in [3.05, 3.63) is 107 Å². The Morgan fingerprint density at radius 2 is 1.62 bits per heavy atom. The van der Waals surface area contributed by atoms with Crippen molar-refractivity contribution in [1.82, 2.24) is 40.3 Å². The van der Waals surface area contributed by atoms with E-state index in [0.717, 1.165) is 101 Å². The lowest BCUT2D eigenvalue weighted by molar-refractivity contribution is -0.134. The fourth-order valence-corrected chi connectivity index (χ4v) is 11.8. The molecule has 11 rings (SSSR count). The van der Waals surface area contributed by atoms with Crippen LogP contribution in [0.1, 0.15) is 67.7 Å². The van der Waals surface area contributed by atoms with Crippen molar-refractivity contribution in [3.63, 3.8) is 0 Å². The molecule has 5 aliphatic rings. The average Bonchev–Trinajstić information content (AvgIpc) is 2.76. The van der Waals surface area contributed by atoms with Crippen LogP contribution >= 0.6 is 0 Å². The van der Waals surface area contributed by atoms with E-state index in [1.807, 2.05) is 26.0 Å². The van der Waals surface area contributed by atoms with Gasteiger partial charge < -0.3 is 45.4 Å². The van der Waals surface area contributed by atoms with Crippen LogP contribution in [0.25, 0.3) is 32.9 Å². The minimum absolute atomic E-state index is 0.00897. The molecule has 22 heteroatoms. The molecule has 6 aromatic rings. The Morgan fingerprint density at radius 3 is 2.28 bits per heavy atom. The smallest absolute Gasteiger partial charge is 0.405 e. The first kappa shape index (κ1) is 57.7. The number of likely N-dealkylation sites (tertiary alicyclic amines) is 1. The summed E-state index contributed by atoms with van der Waals surface area (Å²) < 4.78 is 77.8. The highest BCUT2D eigenvalue weighted by atomic mass is 19.4. The molecule has 0 spiro atoms. The molecule has 2 unspecified atom stereocenters. The summed E-state index contributed by atoms with van der Waals surface area (Å²) in [5.41, 5.74) is 1.82. The third-order valence-electron chi connectivity index (χ3n) is 16.3. The number of aromatic hydroxyl groups is 2. The highest BCUT2D eigenvalue weighted by molar-refractivity contribution is 6.48. The molecule has 1 aliphatic carbocycles. The second-order valence-electron chi connectivity index (χ2n) is 22.6. The molecular weight excluding hydrogens is 1060 g/mol. The Bertz CT molecular complexity index is 3420. The monoisotopic (exact) mass is 1130 g/mol.